The highest BCUT2D eigenvalue weighted by atomic mass is 19.4. The summed E-state index contributed by atoms with van der Waals surface area (Å²) in [5.41, 5.74) is 0.826. The lowest BCUT2D eigenvalue weighted by Gasteiger charge is -2.19. The summed E-state index contributed by atoms with van der Waals surface area (Å²) < 4.78 is 44.3. The molecule has 0 amide bonds. The molecule has 108 valence electrons. The molecule has 1 aromatic heterocycles. The van der Waals surface area contributed by atoms with Crippen LogP contribution in [-0.4, -0.2) is 23.7 Å². The lowest BCUT2D eigenvalue weighted by atomic mass is 9.95. The van der Waals surface area contributed by atoms with Gasteiger partial charge in [-0.15, -0.1) is 0 Å². The van der Waals surface area contributed by atoms with Crippen LogP contribution in [0, 0.1) is 6.92 Å². The molecule has 1 atom stereocenters. The fourth-order valence-electron chi connectivity index (χ4n) is 2.31. The molecule has 0 saturated heterocycles. The topological polar surface area (TPSA) is 42.1 Å². The molecule has 0 bridgehead atoms. The van der Waals surface area contributed by atoms with Gasteiger partial charge in [-0.2, -0.15) is 13.2 Å². The number of halogens is 3. The van der Waals surface area contributed by atoms with Crippen molar-refractivity contribution < 1.29 is 22.7 Å². The molecule has 1 heterocycles. The van der Waals surface area contributed by atoms with Crippen LogP contribution in [0.5, 0.6) is 0 Å². The summed E-state index contributed by atoms with van der Waals surface area (Å²) in [6, 6.07) is 6.59. The first-order valence-corrected chi connectivity index (χ1v) is 6.16. The average molecular weight is 285 g/mol. The van der Waals surface area contributed by atoms with Crippen molar-refractivity contribution >= 4 is 16.9 Å². The van der Waals surface area contributed by atoms with Gasteiger partial charge in [-0.3, -0.25) is 4.79 Å². The molecule has 0 aliphatic heterocycles. The van der Waals surface area contributed by atoms with Crippen LogP contribution in [-0.2, 0) is 9.53 Å². The van der Waals surface area contributed by atoms with E-state index in [9.17, 15) is 18.0 Å². The van der Waals surface area contributed by atoms with E-state index in [-0.39, 0.29) is 12.2 Å². The number of fused-ring (bicyclic) bond motifs is 1. The monoisotopic (exact) mass is 285 g/mol. The maximum atomic E-state index is 13.3. The predicted octanol–water partition coefficient (Wildman–Crippen LogP) is 3.69. The minimum Gasteiger partial charge on any atom is -0.465 e. The van der Waals surface area contributed by atoms with Crippen molar-refractivity contribution in [1.82, 2.24) is 4.98 Å². The fraction of sp³-hybridized carbons (Fsp3) is 0.357. The number of carbonyl (C=O) groups is 1. The van der Waals surface area contributed by atoms with Crippen molar-refractivity contribution in [1.29, 1.82) is 0 Å². The maximum Gasteiger partial charge on any atom is 0.406 e. The van der Waals surface area contributed by atoms with E-state index in [2.05, 4.69) is 9.72 Å². The van der Waals surface area contributed by atoms with Gasteiger partial charge >= 0.3 is 12.1 Å². The molecule has 0 saturated carbocycles. The van der Waals surface area contributed by atoms with Crippen LogP contribution < -0.4 is 0 Å². The molecule has 0 aliphatic rings. The number of para-hydroxylation sites is 1. The third kappa shape index (κ3) is 2.50. The van der Waals surface area contributed by atoms with E-state index in [0.717, 1.165) is 0 Å². The lowest BCUT2D eigenvalue weighted by Crippen LogP contribution is -2.30. The number of nitrogens with one attached hydrogen (secondary N) is 1. The number of rotatable bonds is 3. The Bertz CT molecular complexity index is 631. The maximum absolute atomic E-state index is 13.3. The number of benzene rings is 1. The molecule has 1 aromatic carbocycles. The molecular formula is C14H14F3NO2. The van der Waals surface area contributed by atoms with Gasteiger partial charge in [-0.25, -0.2) is 0 Å². The predicted molar refractivity (Wildman–Crippen MR) is 68.5 cm³/mol. The molecule has 0 spiro atoms. The fourth-order valence-corrected chi connectivity index (χ4v) is 2.31. The van der Waals surface area contributed by atoms with Crippen LogP contribution >= 0.6 is 0 Å². The number of aryl methyl sites for hydroxylation is 1. The lowest BCUT2D eigenvalue weighted by molar-refractivity contribution is -0.180. The molecule has 0 aliphatic carbocycles. The first-order chi connectivity index (χ1) is 9.36. The second-order valence-electron chi connectivity index (χ2n) is 4.44. The van der Waals surface area contributed by atoms with E-state index in [1.165, 1.54) is 13.8 Å². The quantitative estimate of drug-likeness (QED) is 0.874. The molecule has 2 aromatic rings. The number of esters is 1. The summed E-state index contributed by atoms with van der Waals surface area (Å²) in [4.78, 5) is 14.6. The first kappa shape index (κ1) is 14.4. The normalized spacial score (nSPS) is 13.4. The van der Waals surface area contributed by atoms with E-state index in [1.54, 1.807) is 24.3 Å². The SMILES string of the molecule is CCOC(=O)[C@H](c1c(C)[nH]c2ccccc12)C(F)(F)F. The zero-order valence-corrected chi connectivity index (χ0v) is 11.0. The zero-order chi connectivity index (χ0) is 14.9. The van der Waals surface area contributed by atoms with E-state index >= 15 is 0 Å². The number of carbonyl (C=O) groups excluding carboxylic acids is 1. The Balaban J connectivity index is 2.62. The number of aromatic nitrogens is 1. The first-order valence-electron chi connectivity index (χ1n) is 6.16. The summed E-state index contributed by atoms with van der Waals surface area (Å²) in [6.45, 7) is 2.91. The highest BCUT2D eigenvalue weighted by Gasteiger charge is 2.48. The van der Waals surface area contributed by atoms with Crippen molar-refractivity contribution in [3.63, 3.8) is 0 Å². The molecular weight excluding hydrogens is 271 g/mol. The van der Waals surface area contributed by atoms with Gasteiger partial charge in [0.15, 0.2) is 5.92 Å². The second-order valence-corrected chi connectivity index (χ2v) is 4.44. The largest absolute Gasteiger partial charge is 0.465 e. The molecule has 2 rings (SSSR count). The smallest absolute Gasteiger partial charge is 0.406 e. The van der Waals surface area contributed by atoms with Crippen LogP contribution in [0.4, 0.5) is 13.2 Å². The molecule has 20 heavy (non-hydrogen) atoms. The summed E-state index contributed by atoms with van der Waals surface area (Å²) >= 11 is 0. The van der Waals surface area contributed by atoms with Gasteiger partial charge in [0.2, 0.25) is 0 Å². The Labute approximate surface area is 113 Å². The summed E-state index contributed by atoms with van der Waals surface area (Å²) in [5, 5.41) is 0.389. The minimum absolute atomic E-state index is 0.0634. The van der Waals surface area contributed by atoms with Gasteiger partial charge in [0, 0.05) is 22.2 Å². The highest BCUT2D eigenvalue weighted by molar-refractivity contribution is 5.91. The summed E-state index contributed by atoms with van der Waals surface area (Å²) in [5.74, 6) is -3.54. The van der Waals surface area contributed by atoms with Crippen molar-refractivity contribution in [2.24, 2.45) is 0 Å². The van der Waals surface area contributed by atoms with Crippen LogP contribution in [0.2, 0.25) is 0 Å². The van der Waals surface area contributed by atoms with Crippen molar-refractivity contribution in [3.8, 4) is 0 Å². The van der Waals surface area contributed by atoms with Gasteiger partial charge in [0.05, 0.1) is 6.61 Å². The van der Waals surface area contributed by atoms with Crippen LogP contribution in [0.25, 0.3) is 10.9 Å². The Morgan fingerprint density at radius 2 is 2.00 bits per heavy atom. The Hall–Kier alpha value is -1.98. The number of hydrogen-bond donors (Lipinski definition) is 1. The van der Waals surface area contributed by atoms with Gasteiger partial charge in [0.25, 0.3) is 0 Å². The molecule has 0 fully saturated rings. The van der Waals surface area contributed by atoms with Crippen molar-refractivity contribution in [3.05, 3.63) is 35.5 Å². The number of alkyl halides is 3. The van der Waals surface area contributed by atoms with E-state index in [4.69, 9.17) is 0 Å². The third-order valence-electron chi connectivity index (χ3n) is 3.08. The van der Waals surface area contributed by atoms with Gasteiger partial charge in [0.1, 0.15) is 0 Å². The summed E-state index contributed by atoms with van der Waals surface area (Å²) in [6.07, 6.45) is -4.69. The van der Waals surface area contributed by atoms with E-state index in [0.29, 0.717) is 16.6 Å². The van der Waals surface area contributed by atoms with Crippen molar-refractivity contribution in [2.45, 2.75) is 25.9 Å². The zero-order valence-electron chi connectivity index (χ0n) is 11.0. The minimum atomic E-state index is -4.69. The van der Waals surface area contributed by atoms with Crippen LogP contribution in [0.1, 0.15) is 24.1 Å². The Kier molecular flexibility index (Phi) is 3.74. The van der Waals surface area contributed by atoms with Gasteiger partial charge in [-0.1, -0.05) is 18.2 Å². The third-order valence-corrected chi connectivity index (χ3v) is 3.08. The van der Waals surface area contributed by atoms with E-state index in [1.807, 2.05) is 0 Å². The molecule has 0 unspecified atom stereocenters. The Morgan fingerprint density at radius 3 is 2.60 bits per heavy atom. The molecule has 3 nitrogen and oxygen atoms in total. The average Bonchev–Trinajstić information content (AvgIpc) is 2.65. The van der Waals surface area contributed by atoms with Gasteiger partial charge in [-0.05, 0) is 19.9 Å². The molecule has 6 heteroatoms. The van der Waals surface area contributed by atoms with Crippen molar-refractivity contribution in [2.75, 3.05) is 6.61 Å². The number of hydrogen-bond acceptors (Lipinski definition) is 2. The molecule has 0 radical (unpaired) electrons. The number of ether oxygens (including phenoxy) is 1. The summed E-state index contributed by atoms with van der Waals surface area (Å²) in [7, 11) is 0. The van der Waals surface area contributed by atoms with Crippen LogP contribution in [0.15, 0.2) is 24.3 Å². The standard InChI is InChI=1S/C14H14F3NO2/c1-3-20-13(19)12(14(15,16)17)11-8(2)18-10-7-5-4-6-9(10)11/h4-7,12,18H,3H2,1-2H3/t12-/m0/s1. The second kappa shape index (κ2) is 5.19. The molecule has 1 N–H and O–H groups in total. The number of aromatic amines is 1. The highest BCUT2D eigenvalue weighted by Crippen LogP contribution is 2.40. The van der Waals surface area contributed by atoms with Gasteiger partial charge < -0.3 is 9.72 Å². The van der Waals surface area contributed by atoms with E-state index < -0.39 is 18.1 Å². The number of H-pyrrole nitrogens is 1. The Morgan fingerprint density at radius 1 is 1.35 bits per heavy atom. The van der Waals surface area contributed by atoms with Crippen LogP contribution in [0.3, 0.4) is 0 Å².